The second kappa shape index (κ2) is 9.61. The lowest BCUT2D eigenvalue weighted by atomic mass is 9.98. The first kappa shape index (κ1) is 19.5. The summed E-state index contributed by atoms with van der Waals surface area (Å²) >= 11 is 6.05. The Hall–Kier alpha value is -1.26. The van der Waals surface area contributed by atoms with E-state index in [9.17, 15) is 4.79 Å². The fraction of sp³-hybridized carbons (Fsp3) is 0.667. The van der Waals surface area contributed by atoms with Crippen molar-refractivity contribution in [2.45, 2.75) is 57.9 Å². The minimum Gasteiger partial charge on any atom is -0.484 e. The molecule has 1 unspecified atom stereocenters. The molecular formula is C21H31ClN2O2. The standard InChI is InChI=1S/C21H31ClN2O2/c1-17-15-19(8-9-20(17)22)26-16-21(25)24-13-6-3-7-18(24)10-14-23-11-4-2-5-12-23/h8-9,15,18H,2-7,10-14,16H2,1H3. The first-order valence-electron chi connectivity index (χ1n) is 10.0. The summed E-state index contributed by atoms with van der Waals surface area (Å²) < 4.78 is 5.74. The van der Waals surface area contributed by atoms with Gasteiger partial charge in [0.25, 0.3) is 5.91 Å². The Kier molecular flexibility index (Phi) is 7.21. The maximum Gasteiger partial charge on any atom is 0.260 e. The summed E-state index contributed by atoms with van der Waals surface area (Å²) in [7, 11) is 0. The van der Waals surface area contributed by atoms with Gasteiger partial charge in [-0.15, -0.1) is 0 Å². The van der Waals surface area contributed by atoms with Gasteiger partial charge in [0.05, 0.1) is 0 Å². The third-order valence-electron chi connectivity index (χ3n) is 5.67. The minimum absolute atomic E-state index is 0.112. The van der Waals surface area contributed by atoms with Gasteiger partial charge in [-0.05, 0) is 82.3 Å². The zero-order chi connectivity index (χ0) is 18.4. The third kappa shape index (κ3) is 5.37. The zero-order valence-corrected chi connectivity index (χ0v) is 16.6. The number of nitrogens with zero attached hydrogens (tertiary/aromatic N) is 2. The first-order chi connectivity index (χ1) is 12.6. The van der Waals surface area contributed by atoms with E-state index in [1.165, 1.54) is 38.8 Å². The van der Waals surface area contributed by atoms with E-state index in [4.69, 9.17) is 16.3 Å². The van der Waals surface area contributed by atoms with Crippen LogP contribution in [0.4, 0.5) is 0 Å². The van der Waals surface area contributed by atoms with Gasteiger partial charge >= 0.3 is 0 Å². The molecule has 2 heterocycles. The summed E-state index contributed by atoms with van der Waals surface area (Å²) in [4.78, 5) is 17.4. The number of carbonyl (C=O) groups is 1. The smallest absolute Gasteiger partial charge is 0.260 e. The molecule has 0 N–H and O–H groups in total. The van der Waals surface area contributed by atoms with Crippen molar-refractivity contribution in [3.8, 4) is 5.75 Å². The fourth-order valence-corrected chi connectivity index (χ4v) is 4.20. The third-order valence-corrected chi connectivity index (χ3v) is 6.09. The van der Waals surface area contributed by atoms with Crippen molar-refractivity contribution >= 4 is 17.5 Å². The second-order valence-electron chi connectivity index (χ2n) is 7.63. The summed E-state index contributed by atoms with van der Waals surface area (Å²) in [6, 6.07) is 5.90. The fourth-order valence-electron chi connectivity index (χ4n) is 4.08. The number of ether oxygens (including phenoxy) is 1. The highest BCUT2D eigenvalue weighted by molar-refractivity contribution is 6.31. The highest BCUT2D eigenvalue weighted by Crippen LogP contribution is 2.23. The van der Waals surface area contributed by atoms with Crippen LogP contribution in [0.5, 0.6) is 5.75 Å². The van der Waals surface area contributed by atoms with Crippen molar-refractivity contribution in [2.75, 3.05) is 32.8 Å². The van der Waals surface area contributed by atoms with Crippen LogP contribution >= 0.6 is 11.6 Å². The molecule has 1 aromatic rings. The van der Waals surface area contributed by atoms with E-state index in [1.54, 1.807) is 0 Å². The molecule has 0 radical (unpaired) electrons. The number of rotatable bonds is 6. The Morgan fingerprint density at radius 2 is 1.92 bits per heavy atom. The van der Waals surface area contributed by atoms with Crippen LogP contribution < -0.4 is 4.74 Å². The zero-order valence-electron chi connectivity index (χ0n) is 15.9. The van der Waals surface area contributed by atoms with Crippen LogP contribution in [0.25, 0.3) is 0 Å². The molecule has 1 aromatic carbocycles. The minimum atomic E-state index is 0.112. The molecule has 5 heteroatoms. The Morgan fingerprint density at radius 3 is 2.69 bits per heavy atom. The lowest BCUT2D eigenvalue weighted by Crippen LogP contribution is -2.47. The number of hydrogen-bond donors (Lipinski definition) is 0. The number of benzene rings is 1. The van der Waals surface area contributed by atoms with Crippen LogP contribution in [0.15, 0.2) is 18.2 Å². The lowest BCUT2D eigenvalue weighted by molar-refractivity contribution is -0.137. The van der Waals surface area contributed by atoms with Crippen molar-refractivity contribution < 1.29 is 9.53 Å². The van der Waals surface area contributed by atoms with Gasteiger partial charge in [-0.1, -0.05) is 18.0 Å². The molecule has 0 saturated carbocycles. The van der Waals surface area contributed by atoms with Crippen molar-refractivity contribution in [3.63, 3.8) is 0 Å². The topological polar surface area (TPSA) is 32.8 Å². The van der Waals surface area contributed by atoms with Gasteiger partial charge in [0.2, 0.25) is 0 Å². The molecule has 0 aromatic heterocycles. The van der Waals surface area contributed by atoms with Crippen molar-refractivity contribution in [1.29, 1.82) is 0 Å². The van der Waals surface area contributed by atoms with E-state index < -0.39 is 0 Å². The molecule has 26 heavy (non-hydrogen) atoms. The number of carbonyl (C=O) groups excluding carboxylic acids is 1. The normalized spacial score (nSPS) is 21.6. The molecule has 2 aliphatic heterocycles. The van der Waals surface area contributed by atoms with Crippen LogP contribution in [-0.2, 0) is 4.79 Å². The van der Waals surface area contributed by atoms with E-state index in [1.807, 2.05) is 25.1 Å². The van der Waals surface area contributed by atoms with Crippen LogP contribution in [0, 0.1) is 6.92 Å². The Balaban J connectivity index is 1.50. The molecule has 2 aliphatic rings. The average Bonchev–Trinajstić information content (AvgIpc) is 2.68. The van der Waals surface area contributed by atoms with Gasteiger partial charge < -0.3 is 14.5 Å². The molecule has 2 saturated heterocycles. The molecular weight excluding hydrogens is 348 g/mol. The molecule has 0 aliphatic carbocycles. The molecule has 1 amide bonds. The summed E-state index contributed by atoms with van der Waals surface area (Å²) in [6.07, 6.45) is 8.55. The second-order valence-corrected chi connectivity index (χ2v) is 8.03. The van der Waals surface area contributed by atoms with Crippen molar-refractivity contribution in [3.05, 3.63) is 28.8 Å². The van der Waals surface area contributed by atoms with Gasteiger partial charge in [-0.2, -0.15) is 0 Å². The highest BCUT2D eigenvalue weighted by Gasteiger charge is 2.27. The molecule has 144 valence electrons. The number of piperidine rings is 2. The van der Waals surface area contributed by atoms with Gasteiger partial charge in [0, 0.05) is 24.2 Å². The van der Waals surface area contributed by atoms with E-state index in [0.29, 0.717) is 11.8 Å². The van der Waals surface area contributed by atoms with Crippen LogP contribution in [0.1, 0.15) is 50.5 Å². The predicted octanol–water partition coefficient (Wildman–Crippen LogP) is 4.28. The maximum atomic E-state index is 12.7. The SMILES string of the molecule is Cc1cc(OCC(=O)N2CCCCC2CCN2CCCCC2)ccc1Cl. The molecule has 2 fully saturated rings. The molecule has 0 spiro atoms. The highest BCUT2D eigenvalue weighted by atomic mass is 35.5. The van der Waals surface area contributed by atoms with E-state index in [0.717, 1.165) is 42.9 Å². The Labute approximate surface area is 162 Å². The average molecular weight is 379 g/mol. The predicted molar refractivity (Wildman–Crippen MR) is 106 cm³/mol. The summed E-state index contributed by atoms with van der Waals surface area (Å²) in [6.45, 7) is 6.48. The molecule has 0 bridgehead atoms. The van der Waals surface area contributed by atoms with Gasteiger partial charge in [0.15, 0.2) is 6.61 Å². The molecule has 4 nitrogen and oxygen atoms in total. The largest absolute Gasteiger partial charge is 0.484 e. The van der Waals surface area contributed by atoms with Crippen LogP contribution in [-0.4, -0.2) is 54.5 Å². The van der Waals surface area contributed by atoms with E-state index in [-0.39, 0.29) is 12.5 Å². The number of hydrogen-bond acceptors (Lipinski definition) is 3. The van der Waals surface area contributed by atoms with Gasteiger partial charge in [-0.3, -0.25) is 4.79 Å². The number of aryl methyl sites for hydroxylation is 1. The van der Waals surface area contributed by atoms with Crippen molar-refractivity contribution in [1.82, 2.24) is 9.80 Å². The van der Waals surface area contributed by atoms with Crippen LogP contribution in [0.2, 0.25) is 5.02 Å². The van der Waals surface area contributed by atoms with Gasteiger partial charge in [0.1, 0.15) is 5.75 Å². The Morgan fingerprint density at radius 1 is 1.15 bits per heavy atom. The number of amides is 1. The van der Waals surface area contributed by atoms with Gasteiger partial charge in [-0.25, -0.2) is 0 Å². The molecule has 1 atom stereocenters. The van der Waals surface area contributed by atoms with Crippen LogP contribution in [0.3, 0.4) is 0 Å². The summed E-state index contributed by atoms with van der Waals surface area (Å²) in [5.74, 6) is 0.822. The monoisotopic (exact) mass is 378 g/mol. The molecule has 3 rings (SSSR count). The summed E-state index contributed by atoms with van der Waals surface area (Å²) in [5.41, 5.74) is 0.967. The van der Waals surface area contributed by atoms with E-state index in [2.05, 4.69) is 9.80 Å². The quantitative estimate of drug-likeness (QED) is 0.740. The lowest BCUT2D eigenvalue weighted by Gasteiger charge is -2.37. The first-order valence-corrected chi connectivity index (χ1v) is 10.4. The number of likely N-dealkylation sites (tertiary alicyclic amines) is 2. The number of halogens is 1. The van der Waals surface area contributed by atoms with E-state index >= 15 is 0 Å². The van der Waals surface area contributed by atoms with Crippen molar-refractivity contribution in [2.24, 2.45) is 0 Å². The maximum absolute atomic E-state index is 12.7. The Bertz CT molecular complexity index is 602. The summed E-state index contributed by atoms with van der Waals surface area (Å²) in [5, 5.41) is 0.720.